The molecule has 0 aromatic heterocycles. The van der Waals surface area contributed by atoms with Crippen LogP contribution in [0.5, 0.6) is 0 Å². The summed E-state index contributed by atoms with van der Waals surface area (Å²) in [5.41, 5.74) is 4.01. The second-order valence-electron chi connectivity index (χ2n) is 5.40. The highest BCUT2D eigenvalue weighted by atomic mass is 35.5. The van der Waals surface area contributed by atoms with Gasteiger partial charge in [-0.15, -0.1) is 0 Å². The van der Waals surface area contributed by atoms with Crippen LogP contribution in [0, 0.1) is 0 Å². The third-order valence-corrected chi connectivity index (χ3v) is 4.03. The summed E-state index contributed by atoms with van der Waals surface area (Å²) in [7, 11) is 2.11. The lowest BCUT2D eigenvalue weighted by Gasteiger charge is -2.26. The van der Waals surface area contributed by atoms with Crippen molar-refractivity contribution in [3.8, 4) is 0 Å². The fourth-order valence-corrected chi connectivity index (χ4v) is 2.88. The van der Waals surface area contributed by atoms with Crippen LogP contribution >= 0.6 is 11.6 Å². The van der Waals surface area contributed by atoms with Crippen LogP contribution in [0.3, 0.4) is 0 Å². The maximum atomic E-state index is 12.3. The number of anilines is 1. The first kappa shape index (κ1) is 14.1. The second-order valence-corrected chi connectivity index (χ2v) is 5.83. The van der Waals surface area contributed by atoms with E-state index in [9.17, 15) is 4.79 Å². The zero-order chi connectivity index (χ0) is 14.8. The van der Waals surface area contributed by atoms with E-state index in [1.807, 2.05) is 12.1 Å². The molecule has 1 N–H and O–H groups in total. The minimum Gasteiger partial charge on any atom is -0.322 e. The lowest BCUT2D eigenvalue weighted by atomic mass is 9.98. The fraction of sp³-hybridized carbons (Fsp3) is 0.235. The number of amides is 1. The van der Waals surface area contributed by atoms with E-state index in [1.165, 1.54) is 11.1 Å². The van der Waals surface area contributed by atoms with Crippen LogP contribution in [-0.2, 0) is 13.0 Å². The van der Waals surface area contributed by atoms with Crippen molar-refractivity contribution in [1.82, 2.24) is 4.90 Å². The van der Waals surface area contributed by atoms with Crippen LogP contribution in [0.2, 0.25) is 5.02 Å². The van der Waals surface area contributed by atoms with Gasteiger partial charge in [0.25, 0.3) is 5.91 Å². The first-order valence-electron chi connectivity index (χ1n) is 7.00. The summed E-state index contributed by atoms with van der Waals surface area (Å²) < 4.78 is 0. The lowest BCUT2D eigenvalue weighted by Crippen LogP contribution is -2.27. The second kappa shape index (κ2) is 5.88. The number of benzene rings is 2. The van der Waals surface area contributed by atoms with E-state index >= 15 is 0 Å². The van der Waals surface area contributed by atoms with E-state index in [-0.39, 0.29) is 5.91 Å². The Morgan fingerprint density at radius 2 is 2.05 bits per heavy atom. The van der Waals surface area contributed by atoms with Crippen molar-refractivity contribution in [3.05, 3.63) is 64.2 Å². The van der Waals surface area contributed by atoms with E-state index < -0.39 is 0 Å². The fourth-order valence-electron chi connectivity index (χ4n) is 2.69. The number of hydrogen-bond donors (Lipinski definition) is 1. The van der Waals surface area contributed by atoms with Crippen molar-refractivity contribution in [2.75, 3.05) is 18.9 Å². The Kier molecular flexibility index (Phi) is 3.95. The molecule has 1 amide bonds. The highest BCUT2D eigenvalue weighted by molar-refractivity contribution is 6.31. The largest absolute Gasteiger partial charge is 0.322 e. The predicted molar refractivity (Wildman–Crippen MR) is 85.9 cm³/mol. The van der Waals surface area contributed by atoms with E-state index in [1.54, 1.807) is 24.3 Å². The number of likely N-dealkylation sites (N-methyl/N-ethyl adjacent to an activating group) is 1. The van der Waals surface area contributed by atoms with Gasteiger partial charge in [-0.3, -0.25) is 4.79 Å². The standard InChI is InChI=1S/C17H17ClN2O/c1-20-9-8-15-13(11-20)5-3-7-16(15)19-17(21)12-4-2-6-14(18)10-12/h2-7,10H,8-9,11H2,1H3,(H,19,21). The number of carbonyl (C=O) groups is 1. The van der Waals surface area contributed by atoms with Gasteiger partial charge in [0, 0.05) is 29.4 Å². The van der Waals surface area contributed by atoms with Gasteiger partial charge in [-0.05, 0) is 48.9 Å². The molecule has 108 valence electrons. The van der Waals surface area contributed by atoms with Gasteiger partial charge in [0.1, 0.15) is 0 Å². The van der Waals surface area contributed by atoms with Gasteiger partial charge in [0.2, 0.25) is 0 Å². The van der Waals surface area contributed by atoms with Gasteiger partial charge in [0.05, 0.1) is 0 Å². The van der Waals surface area contributed by atoms with Crippen LogP contribution in [0.15, 0.2) is 42.5 Å². The smallest absolute Gasteiger partial charge is 0.255 e. The molecule has 2 aromatic rings. The van der Waals surface area contributed by atoms with Gasteiger partial charge < -0.3 is 10.2 Å². The monoisotopic (exact) mass is 300 g/mol. The third kappa shape index (κ3) is 3.09. The Hall–Kier alpha value is -1.84. The maximum absolute atomic E-state index is 12.3. The molecule has 21 heavy (non-hydrogen) atoms. The number of hydrogen-bond acceptors (Lipinski definition) is 2. The van der Waals surface area contributed by atoms with Crippen molar-refractivity contribution in [3.63, 3.8) is 0 Å². The number of fused-ring (bicyclic) bond motifs is 1. The molecule has 0 aliphatic carbocycles. The van der Waals surface area contributed by atoms with Crippen LogP contribution < -0.4 is 5.32 Å². The highest BCUT2D eigenvalue weighted by Gasteiger charge is 2.17. The molecule has 3 rings (SSSR count). The molecule has 0 bridgehead atoms. The zero-order valence-corrected chi connectivity index (χ0v) is 12.7. The third-order valence-electron chi connectivity index (χ3n) is 3.79. The Morgan fingerprint density at radius 3 is 2.86 bits per heavy atom. The molecule has 4 heteroatoms. The minimum atomic E-state index is -0.121. The van der Waals surface area contributed by atoms with Gasteiger partial charge in [-0.25, -0.2) is 0 Å². The SMILES string of the molecule is CN1CCc2c(cccc2NC(=O)c2cccc(Cl)c2)C1. The van der Waals surface area contributed by atoms with Gasteiger partial charge in [0.15, 0.2) is 0 Å². The summed E-state index contributed by atoms with van der Waals surface area (Å²) >= 11 is 5.94. The van der Waals surface area contributed by atoms with Crippen molar-refractivity contribution in [2.24, 2.45) is 0 Å². The molecular formula is C17H17ClN2O. The molecule has 0 fully saturated rings. The summed E-state index contributed by atoms with van der Waals surface area (Å²) in [4.78, 5) is 14.6. The maximum Gasteiger partial charge on any atom is 0.255 e. The van der Waals surface area contributed by atoms with E-state index in [4.69, 9.17) is 11.6 Å². The topological polar surface area (TPSA) is 32.3 Å². The molecule has 3 nitrogen and oxygen atoms in total. The average molecular weight is 301 g/mol. The predicted octanol–water partition coefficient (Wildman–Crippen LogP) is 3.58. The molecular weight excluding hydrogens is 284 g/mol. The van der Waals surface area contributed by atoms with E-state index in [0.29, 0.717) is 10.6 Å². The average Bonchev–Trinajstić information content (AvgIpc) is 2.47. The van der Waals surface area contributed by atoms with Crippen molar-refractivity contribution in [2.45, 2.75) is 13.0 Å². The Labute approximate surface area is 129 Å². The summed E-state index contributed by atoms with van der Waals surface area (Å²) in [6.07, 6.45) is 0.956. The number of nitrogens with zero attached hydrogens (tertiary/aromatic N) is 1. The summed E-state index contributed by atoms with van der Waals surface area (Å²) in [5.74, 6) is -0.121. The molecule has 1 aliphatic heterocycles. The molecule has 0 radical (unpaired) electrons. The number of carbonyl (C=O) groups excluding carboxylic acids is 1. The van der Waals surface area contributed by atoms with Gasteiger partial charge >= 0.3 is 0 Å². The number of nitrogens with one attached hydrogen (secondary N) is 1. The molecule has 0 unspecified atom stereocenters. The highest BCUT2D eigenvalue weighted by Crippen LogP contribution is 2.26. The molecule has 0 saturated heterocycles. The van der Waals surface area contributed by atoms with Crippen LogP contribution in [0.4, 0.5) is 5.69 Å². The summed E-state index contributed by atoms with van der Waals surface area (Å²) in [6, 6.07) is 13.1. The molecule has 1 aliphatic rings. The van der Waals surface area contributed by atoms with E-state index in [2.05, 4.69) is 23.3 Å². The number of halogens is 1. The van der Waals surface area contributed by atoms with Crippen molar-refractivity contribution >= 4 is 23.2 Å². The van der Waals surface area contributed by atoms with Crippen LogP contribution in [-0.4, -0.2) is 24.4 Å². The zero-order valence-electron chi connectivity index (χ0n) is 11.9. The van der Waals surface area contributed by atoms with Gasteiger partial charge in [-0.1, -0.05) is 29.8 Å². The number of rotatable bonds is 2. The molecule has 1 heterocycles. The molecule has 0 spiro atoms. The van der Waals surface area contributed by atoms with Crippen molar-refractivity contribution in [1.29, 1.82) is 0 Å². The van der Waals surface area contributed by atoms with Gasteiger partial charge in [-0.2, -0.15) is 0 Å². The van der Waals surface area contributed by atoms with Crippen LogP contribution in [0.1, 0.15) is 21.5 Å². The first-order chi connectivity index (χ1) is 10.1. The first-order valence-corrected chi connectivity index (χ1v) is 7.37. The molecule has 2 aromatic carbocycles. The van der Waals surface area contributed by atoms with E-state index in [0.717, 1.165) is 25.2 Å². The van der Waals surface area contributed by atoms with Crippen molar-refractivity contribution < 1.29 is 4.79 Å². The normalized spacial score (nSPS) is 14.6. The summed E-state index contributed by atoms with van der Waals surface area (Å²) in [5, 5.41) is 3.58. The Morgan fingerprint density at radius 1 is 1.24 bits per heavy atom. The molecule has 0 atom stereocenters. The Bertz CT molecular complexity index is 684. The minimum absolute atomic E-state index is 0.121. The summed E-state index contributed by atoms with van der Waals surface area (Å²) in [6.45, 7) is 1.94. The van der Waals surface area contributed by atoms with Crippen LogP contribution in [0.25, 0.3) is 0 Å². The lowest BCUT2D eigenvalue weighted by molar-refractivity contribution is 0.102. The molecule has 0 saturated carbocycles. The Balaban J connectivity index is 1.85. The quantitative estimate of drug-likeness (QED) is 0.919.